The van der Waals surface area contributed by atoms with Crippen molar-refractivity contribution in [3.8, 4) is 11.6 Å². The van der Waals surface area contributed by atoms with Crippen molar-refractivity contribution in [1.82, 2.24) is 4.98 Å². The molecule has 0 aliphatic carbocycles. The van der Waals surface area contributed by atoms with Gasteiger partial charge >= 0.3 is 0 Å². The largest absolute Gasteiger partial charge is 0.439 e. The lowest BCUT2D eigenvalue weighted by Gasteiger charge is -2.10. The normalized spacial score (nSPS) is 10.5. The third kappa shape index (κ3) is 3.55. The molecule has 0 saturated carbocycles. The second-order valence-electron chi connectivity index (χ2n) is 4.37. The maximum absolute atomic E-state index is 5.88. The van der Waals surface area contributed by atoms with E-state index in [0.717, 1.165) is 33.5 Å². The summed E-state index contributed by atoms with van der Waals surface area (Å²) in [4.78, 5) is 4.47. The lowest BCUT2D eigenvalue weighted by Crippen LogP contribution is -2.01. The number of pyridine rings is 1. The number of rotatable bonds is 4. The van der Waals surface area contributed by atoms with Crippen molar-refractivity contribution < 1.29 is 4.74 Å². The SMILES string of the molecule is CCc1cc(CN)cc(Oc2cc(Br)ccc2C)n1. The smallest absolute Gasteiger partial charge is 0.219 e. The summed E-state index contributed by atoms with van der Waals surface area (Å²) in [6, 6.07) is 9.84. The monoisotopic (exact) mass is 320 g/mol. The number of aromatic nitrogens is 1. The number of aryl methyl sites for hydroxylation is 2. The zero-order chi connectivity index (χ0) is 13.8. The van der Waals surface area contributed by atoms with Crippen LogP contribution in [-0.4, -0.2) is 4.98 Å². The average Bonchev–Trinajstić information content (AvgIpc) is 2.42. The van der Waals surface area contributed by atoms with Gasteiger partial charge in [0.15, 0.2) is 0 Å². The van der Waals surface area contributed by atoms with Gasteiger partial charge in [0.1, 0.15) is 5.75 Å². The molecular weight excluding hydrogens is 304 g/mol. The summed E-state index contributed by atoms with van der Waals surface area (Å²) >= 11 is 3.45. The van der Waals surface area contributed by atoms with Crippen molar-refractivity contribution in [2.75, 3.05) is 0 Å². The van der Waals surface area contributed by atoms with Crippen LogP contribution in [0.4, 0.5) is 0 Å². The van der Waals surface area contributed by atoms with Crippen LogP contribution in [0.5, 0.6) is 11.6 Å². The van der Waals surface area contributed by atoms with Gasteiger partial charge in [0.05, 0.1) is 0 Å². The minimum atomic E-state index is 0.489. The van der Waals surface area contributed by atoms with Gasteiger partial charge in [-0.05, 0) is 42.7 Å². The van der Waals surface area contributed by atoms with Gasteiger partial charge in [0.25, 0.3) is 0 Å². The third-order valence-corrected chi connectivity index (χ3v) is 3.37. The molecule has 4 heteroatoms. The zero-order valence-electron chi connectivity index (χ0n) is 11.1. The van der Waals surface area contributed by atoms with E-state index >= 15 is 0 Å². The highest BCUT2D eigenvalue weighted by molar-refractivity contribution is 9.10. The Morgan fingerprint density at radius 2 is 2.05 bits per heavy atom. The molecule has 0 radical (unpaired) electrons. The Balaban J connectivity index is 2.34. The van der Waals surface area contributed by atoms with E-state index in [1.807, 2.05) is 37.3 Å². The van der Waals surface area contributed by atoms with E-state index < -0.39 is 0 Å². The molecule has 0 saturated heterocycles. The molecule has 19 heavy (non-hydrogen) atoms. The van der Waals surface area contributed by atoms with Gasteiger partial charge in [-0.3, -0.25) is 0 Å². The highest BCUT2D eigenvalue weighted by Crippen LogP contribution is 2.27. The first-order valence-electron chi connectivity index (χ1n) is 6.26. The molecule has 0 unspecified atom stereocenters. The van der Waals surface area contributed by atoms with Crippen LogP contribution >= 0.6 is 15.9 Å². The van der Waals surface area contributed by atoms with Gasteiger partial charge in [-0.15, -0.1) is 0 Å². The van der Waals surface area contributed by atoms with E-state index in [9.17, 15) is 0 Å². The van der Waals surface area contributed by atoms with E-state index in [1.165, 1.54) is 0 Å². The predicted molar refractivity (Wildman–Crippen MR) is 80.5 cm³/mol. The molecule has 2 N–H and O–H groups in total. The van der Waals surface area contributed by atoms with Crippen molar-refractivity contribution in [1.29, 1.82) is 0 Å². The molecule has 0 aliphatic rings. The molecule has 0 aliphatic heterocycles. The Labute approximate surface area is 121 Å². The van der Waals surface area contributed by atoms with Crippen molar-refractivity contribution in [2.24, 2.45) is 5.73 Å². The molecule has 1 heterocycles. The standard InChI is InChI=1S/C15H17BrN2O/c1-3-13-6-11(9-17)7-15(18-13)19-14-8-12(16)5-4-10(14)2/h4-8H,3,9,17H2,1-2H3. The van der Waals surface area contributed by atoms with Crippen molar-refractivity contribution in [2.45, 2.75) is 26.8 Å². The van der Waals surface area contributed by atoms with Crippen LogP contribution < -0.4 is 10.5 Å². The Bertz CT molecular complexity index is 562. The van der Waals surface area contributed by atoms with Gasteiger partial charge in [0, 0.05) is 22.8 Å². The van der Waals surface area contributed by atoms with Crippen LogP contribution in [0.25, 0.3) is 0 Å². The number of hydrogen-bond acceptors (Lipinski definition) is 3. The molecule has 0 atom stereocenters. The van der Waals surface area contributed by atoms with E-state index in [1.54, 1.807) is 0 Å². The van der Waals surface area contributed by atoms with E-state index in [2.05, 4.69) is 27.8 Å². The number of hydrogen-bond donors (Lipinski definition) is 1. The summed E-state index contributed by atoms with van der Waals surface area (Å²) in [5.74, 6) is 1.40. The molecule has 1 aromatic heterocycles. The van der Waals surface area contributed by atoms with Crippen molar-refractivity contribution in [3.63, 3.8) is 0 Å². The van der Waals surface area contributed by atoms with Crippen molar-refractivity contribution >= 4 is 15.9 Å². The van der Waals surface area contributed by atoms with E-state index in [4.69, 9.17) is 10.5 Å². The Morgan fingerprint density at radius 3 is 2.74 bits per heavy atom. The van der Waals surface area contributed by atoms with Crippen LogP contribution in [0.15, 0.2) is 34.8 Å². The molecule has 1 aromatic carbocycles. The van der Waals surface area contributed by atoms with Crippen LogP contribution in [0.1, 0.15) is 23.7 Å². The van der Waals surface area contributed by atoms with Gasteiger partial charge in [0.2, 0.25) is 5.88 Å². The Hall–Kier alpha value is -1.39. The number of ether oxygens (including phenoxy) is 1. The third-order valence-electron chi connectivity index (χ3n) is 2.88. The van der Waals surface area contributed by atoms with Crippen LogP contribution in [0.3, 0.4) is 0 Å². The minimum absolute atomic E-state index is 0.489. The number of nitrogens with two attached hydrogens (primary N) is 1. The first-order valence-corrected chi connectivity index (χ1v) is 7.05. The zero-order valence-corrected chi connectivity index (χ0v) is 12.7. The Kier molecular flexibility index (Phi) is 4.56. The summed E-state index contributed by atoms with van der Waals surface area (Å²) in [5.41, 5.74) is 8.80. The summed E-state index contributed by atoms with van der Waals surface area (Å²) in [5, 5.41) is 0. The topological polar surface area (TPSA) is 48.1 Å². The number of benzene rings is 1. The predicted octanol–water partition coefficient (Wildman–Crippen LogP) is 3.97. The Morgan fingerprint density at radius 1 is 1.26 bits per heavy atom. The van der Waals surface area contributed by atoms with Gasteiger partial charge < -0.3 is 10.5 Å². The summed E-state index contributed by atoms with van der Waals surface area (Å²) in [6.45, 7) is 4.56. The number of halogens is 1. The summed E-state index contributed by atoms with van der Waals surface area (Å²) < 4.78 is 6.86. The molecule has 100 valence electrons. The maximum Gasteiger partial charge on any atom is 0.219 e. The van der Waals surface area contributed by atoms with Crippen molar-refractivity contribution in [3.05, 3.63) is 51.6 Å². The van der Waals surface area contributed by atoms with Gasteiger partial charge in [-0.1, -0.05) is 28.9 Å². The molecule has 0 fully saturated rings. The molecule has 2 rings (SSSR count). The first kappa shape index (κ1) is 14.0. The second kappa shape index (κ2) is 6.17. The molecule has 0 amide bonds. The lowest BCUT2D eigenvalue weighted by molar-refractivity contribution is 0.456. The summed E-state index contributed by atoms with van der Waals surface area (Å²) in [6.07, 6.45) is 0.863. The average molecular weight is 321 g/mol. The quantitative estimate of drug-likeness (QED) is 0.927. The fourth-order valence-electron chi connectivity index (χ4n) is 1.77. The van der Waals surface area contributed by atoms with E-state index in [-0.39, 0.29) is 0 Å². The fraction of sp³-hybridized carbons (Fsp3) is 0.267. The molecule has 0 bridgehead atoms. The minimum Gasteiger partial charge on any atom is -0.439 e. The van der Waals surface area contributed by atoms with E-state index in [0.29, 0.717) is 12.4 Å². The molecule has 2 aromatic rings. The van der Waals surface area contributed by atoms with Gasteiger partial charge in [-0.2, -0.15) is 0 Å². The first-order chi connectivity index (χ1) is 9.12. The van der Waals surface area contributed by atoms with Crippen LogP contribution in [0, 0.1) is 6.92 Å². The fourth-order valence-corrected chi connectivity index (χ4v) is 2.11. The highest BCUT2D eigenvalue weighted by Gasteiger charge is 2.06. The summed E-state index contributed by atoms with van der Waals surface area (Å²) in [7, 11) is 0. The second-order valence-corrected chi connectivity index (χ2v) is 5.29. The van der Waals surface area contributed by atoms with Crippen LogP contribution in [0.2, 0.25) is 0 Å². The molecular formula is C15H17BrN2O. The maximum atomic E-state index is 5.88. The van der Waals surface area contributed by atoms with Crippen LogP contribution in [-0.2, 0) is 13.0 Å². The molecule has 0 spiro atoms. The number of nitrogens with zero attached hydrogens (tertiary/aromatic N) is 1. The molecule has 3 nitrogen and oxygen atoms in total. The van der Waals surface area contributed by atoms with Gasteiger partial charge in [-0.25, -0.2) is 4.98 Å². The lowest BCUT2D eigenvalue weighted by atomic mass is 10.2. The highest BCUT2D eigenvalue weighted by atomic mass is 79.9.